The molecule has 0 bridgehead atoms. The second-order valence-corrected chi connectivity index (χ2v) is 5.93. The van der Waals surface area contributed by atoms with E-state index >= 15 is 0 Å². The van der Waals surface area contributed by atoms with Crippen LogP contribution in [0.25, 0.3) is 22.6 Å². The molecule has 27 heavy (non-hydrogen) atoms. The van der Waals surface area contributed by atoms with Crippen LogP contribution in [0.2, 0.25) is 0 Å². The predicted octanol–water partition coefficient (Wildman–Crippen LogP) is 4.42. The number of hydrogen-bond donors (Lipinski definition) is 0. The van der Waals surface area contributed by atoms with Crippen molar-refractivity contribution in [1.29, 1.82) is 0 Å². The van der Waals surface area contributed by atoms with E-state index in [4.69, 9.17) is 14.0 Å². The van der Waals surface area contributed by atoms with Crippen LogP contribution in [0.15, 0.2) is 53.1 Å². The first-order valence-electron chi connectivity index (χ1n) is 8.54. The van der Waals surface area contributed by atoms with Crippen LogP contribution in [0.3, 0.4) is 0 Å². The van der Waals surface area contributed by atoms with E-state index < -0.39 is 0 Å². The van der Waals surface area contributed by atoms with Crippen molar-refractivity contribution in [2.24, 2.45) is 0 Å². The lowest BCUT2D eigenvalue weighted by atomic mass is 10.0. The third-order valence-corrected chi connectivity index (χ3v) is 3.91. The van der Waals surface area contributed by atoms with Gasteiger partial charge in [-0.3, -0.25) is 9.59 Å². The van der Waals surface area contributed by atoms with Gasteiger partial charge in [-0.2, -0.15) is 0 Å². The summed E-state index contributed by atoms with van der Waals surface area (Å²) in [5.74, 6) is 0.902. The number of esters is 2. The number of carbonyl (C=O) groups is 2. The van der Waals surface area contributed by atoms with E-state index in [9.17, 15) is 9.59 Å². The average molecular weight is 365 g/mol. The van der Waals surface area contributed by atoms with E-state index in [2.05, 4.69) is 5.16 Å². The normalized spacial score (nSPS) is 10.5. The molecule has 0 aliphatic heterocycles. The van der Waals surface area contributed by atoms with Crippen molar-refractivity contribution < 1.29 is 23.6 Å². The lowest BCUT2D eigenvalue weighted by molar-refractivity contribution is -0.132. The fraction of sp³-hybridized carbons (Fsp3) is 0.190. The molecule has 0 fully saturated rings. The minimum absolute atomic E-state index is 0.363. The number of nitrogens with zero attached hydrogens (tertiary/aromatic N) is 1. The molecule has 0 atom stereocenters. The van der Waals surface area contributed by atoms with Crippen LogP contribution in [0, 0.1) is 0 Å². The monoisotopic (exact) mass is 365 g/mol. The van der Waals surface area contributed by atoms with E-state index in [1.807, 2.05) is 31.2 Å². The van der Waals surface area contributed by atoms with Crippen molar-refractivity contribution >= 4 is 11.9 Å². The number of hydrogen-bond acceptors (Lipinski definition) is 6. The molecule has 0 aliphatic carbocycles. The summed E-state index contributed by atoms with van der Waals surface area (Å²) >= 11 is 0. The van der Waals surface area contributed by atoms with Crippen LogP contribution >= 0.6 is 0 Å². The van der Waals surface area contributed by atoms with Gasteiger partial charge in [0.1, 0.15) is 17.2 Å². The summed E-state index contributed by atoms with van der Waals surface area (Å²) in [5, 5.41) is 4.23. The fourth-order valence-electron chi connectivity index (χ4n) is 2.78. The molecule has 1 aromatic heterocycles. The number of benzene rings is 2. The van der Waals surface area contributed by atoms with Gasteiger partial charge in [-0.25, -0.2) is 0 Å². The molecule has 3 aromatic rings. The summed E-state index contributed by atoms with van der Waals surface area (Å²) in [7, 11) is 0. The Balaban J connectivity index is 1.90. The zero-order chi connectivity index (χ0) is 19.4. The van der Waals surface area contributed by atoms with Gasteiger partial charge in [0.15, 0.2) is 5.76 Å². The third kappa shape index (κ3) is 4.23. The molecule has 0 amide bonds. The van der Waals surface area contributed by atoms with Crippen LogP contribution in [0.1, 0.15) is 26.3 Å². The van der Waals surface area contributed by atoms with E-state index in [-0.39, 0.29) is 11.9 Å². The minimum Gasteiger partial charge on any atom is -0.427 e. The van der Waals surface area contributed by atoms with Crippen LogP contribution in [0.5, 0.6) is 11.5 Å². The molecule has 2 aromatic carbocycles. The molecular formula is C21H19NO5. The van der Waals surface area contributed by atoms with E-state index in [1.54, 1.807) is 24.3 Å². The van der Waals surface area contributed by atoms with Gasteiger partial charge in [-0.1, -0.05) is 12.1 Å². The Kier molecular flexibility index (Phi) is 5.35. The average Bonchev–Trinajstić information content (AvgIpc) is 3.06. The van der Waals surface area contributed by atoms with E-state index in [1.165, 1.54) is 13.8 Å². The summed E-state index contributed by atoms with van der Waals surface area (Å²) in [4.78, 5) is 22.1. The highest BCUT2D eigenvalue weighted by molar-refractivity contribution is 5.74. The van der Waals surface area contributed by atoms with E-state index in [0.717, 1.165) is 28.8 Å². The first-order chi connectivity index (χ1) is 13.0. The van der Waals surface area contributed by atoms with Crippen LogP contribution < -0.4 is 9.47 Å². The van der Waals surface area contributed by atoms with Crippen LogP contribution in [-0.4, -0.2) is 17.1 Å². The minimum atomic E-state index is -0.365. The Morgan fingerprint density at radius 2 is 1.33 bits per heavy atom. The summed E-state index contributed by atoms with van der Waals surface area (Å²) < 4.78 is 15.7. The quantitative estimate of drug-likeness (QED) is 0.492. The van der Waals surface area contributed by atoms with Crippen molar-refractivity contribution in [2.75, 3.05) is 0 Å². The van der Waals surface area contributed by atoms with Gasteiger partial charge in [0.05, 0.1) is 0 Å². The highest BCUT2D eigenvalue weighted by atomic mass is 16.5. The number of aromatic nitrogens is 1. The van der Waals surface area contributed by atoms with Crippen molar-refractivity contribution in [3.05, 3.63) is 54.1 Å². The van der Waals surface area contributed by atoms with Gasteiger partial charge in [-0.15, -0.1) is 0 Å². The van der Waals surface area contributed by atoms with Crippen molar-refractivity contribution in [3.63, 3.8) is 0 Å². The fourth-order valence-corrected chi connectivity index (χ4v) is 2.78. The Hall–Kier alpha value is -3.41. The smallest absolute Gasteiger partial charge is 0.308 e. The number of ether oxygens (including phenoxy) is 2. The molecule has 0 radical (unpaired) electrons. The van der Waals surface area contributed by atoms with Gasteiger partial charge in [0.2, 0.25) is 0 Å². The lowest BCUT2D eigenvalue weighted by Gasteiger charge is -2.05. The Morgan fingerprint density at radius 1 is 0.852 bits per heavy atom. The molecule has 0 N–H and O–H groups in total. The van der Waals surface area contributed by atoms with Gasteiger partial charge in [-0.05, 0) is 55.0 Å². The van der Waals surface area contributed by atoms with Gasteiger partial charge in [0.25, 0.3) is 0 Å². The molecule has 6 nitrogen and oxygen atoms in total. The Labute approximate surface area is 156 Å². The van der Waals surface area contributed by atoms with Crippen molar-refractivity contribution in [3.8, 4) is 34.1 Å². The molecule has 0 saturated heterocycles. The molecule has 1 heterocycles. The maximum Gasteiger partial charge on any atom is 0.308 e. The largest absolute Gasteiger partial charge is 0.427 e. The molecule has 0 spiro atoms. The standard InChI is InChI=1S/C21H19NO5/c1-4-19-20(15-5-9-17(10-6-15)25-13(2)23)22-27-21(19)16-7-11-18(12-8-16)26-14(3)24/h5-12H,4H2,1-3H3. The predicted molar refractivity (Wildman–Crippen MR) is 99.4 cm³/mol. The first-order valence-corrected chi connectivity index (χ1v) is 8.54. The highest BCUT2D eigenvalue weighted by Crippen LogP contribution is 2.34. The van der Waals surface area contributed by atoms with Crippen molar-refractivity contribution in [1.82, 2.24) is 5.16 Å². The summed E-state index contributed by atoms with van der Waals surface area (Å²) in [6.45, 7) is 4.75. The SMILES string of the molecule is CCc1c(-c2ccc(OC(C)=O)cc2)noc1-c1ccc(OC(C)=O)cc1. The van der Waals surface area contributed by atoms with Gasteiger partial charge < -0.3 is 14.0 Å². The molecule has 3 rings (SSSR count). The molecule has 6 heteroatoms. The Morgan fingerprint density at radius 3 is 1.78 bits per heavy atom. The van der Waals surface area contributed by atoms with Crippen LogP contribution in [0.4, 0.5) is 0 Å². The zero-order valence-corrected chi connectivity index (χ0v) is 15.3. The summed E-state index contributed by atoms with van der Waals surface area (Å²) in [6, 6.07) is 14.2. The summed E-state index contributed by atoms with van der Waals surface area (Å²) in [6.07, 6.45) is 0.728. The second-order valence-electron chi connectivity index (χ2n) is 5.93. The first kappa shape index (κ1) is 18.4. The molecule has 0 saturated carbocycles. The van der Waals surface area contributed by atoms with Gasteiger partial charge in [0, 0.05) is 30.5 Å². The number of rotatable bonds is 5. The molecule has 138 valence electrons. The lowest BCUT2D eigenvalue weighted by Crippen LogP contribution is -2.01. The maximum absolute atomic E-state index is 11.0. The highest BCUT2D eigenvalue weighted by Gasteiger charge is 2.18. The van der Waals surface area contributed by atoms with Crippen molar-refractivity contribution in [2.45, 2.75) is 27.2 Å². The van der Waals surface area contributed by atoms with Crippen LogP contribution in [-0.2, 0) is 16.0 Å². The number of carbonyl (C=O) groups excluding carboxylic acids is 2. The second kappa shape index (κ2) is 7.86. The zero-order valence-electron chi connectivity index (χ0n) is 15.3. The summed E-state index contributed by atoms with van der Waals surface area (Å²) in [5.41, 5.74) is 3.42. The van der Waals surface area contributed by atoms with Gasteiger partial charge >= 0.3 is 11.9 Å². The molecule has 0 unspecified atom stereocenters. The maximum atomic E-state index is 11.0. The molecular weight excluding hydrogens is 346 g/mol. The van der Waals surface area contributed by atoms with E-state index in [0.29, 0.717) is 17.3 Å². The Bertz CT molecular complexity index is 878. The topological polar surface area (TPSA) is 78.6 Å². The third-order valence-electron chi connectivity index (χ3n) is 3.91. The molecule has 0 aliphatic rings.